The van der Waals surface area contributed by atoms with Gasteiger partial charge in [-0.25, -0.2) is 0 Å². The van der Waals surface area contributed by atoms with E-state index in [4.69, 9.17) is 10.8 Å². The average molecular weight is 234 g/mol. The van der Waals surface area contributed by atoms with E-state index < -0.39 is 12.0 Å². The van der Waals surface area contributed by atoms with Crippen LogP contribution in [-0.2, 0) is 9.53 Å². The van der Waals surface area contributed by atoms with Gasteiger partial charge in [0, 0.05) is 11.6 Å². The van der Waals surface area contributed by atoms with E-state index in [1.807, 2.05) is 0 Å². The number of hydrogen-bond acceptors (Lipinski definition) is 5. The second-order valence-corrected chi connectivity index (χ2v) is 2.74. The van der Waals surface area contributed by atoms with Gasteiger partial charge in [-0.15, -0.1) is 12.4 Å². The molecule has 1 rings (SSSR count). The number of carbonyl (C=O) groups excluding carboxylic acids is 1. The van der Waals surface area contributed by atoms with E-state index in [1.54, 1.807) is 0 Å². The number of esters is 1. The molecule has 0 fully saturated rings. The molecular weight excluding hydrogens is 222 g/mol. The predicted octanol–water partition coefficient (Wildman–Crippen LogP) is 0.692. The lowest BCUT2D eigenvalue weighted by atomic mass is 10.1. The van der Waals surface area contributed by atoms with Crippen LogP contribution in [0.15, 0.2) is 18.2 Å². The highest BCUT2D eigenvalue weighted by Gasteiger charge is 2.19. The molecular formula is C9H12ClNO4. The summed E-state index contributed by atoms with van der Waals surface area (Å²) in [6.07, 6.45) is 0. The van der Waals surface area contributed by atoms with Crippen LogP contribution in [0, 0.1) is 0 Å². The number of carbonyl (C=O) groups is 1. The van der Waals surface area contributed by atoms with Crippen molar-refractivity contribution in [1.82, 2.24) is 0 Å². The molecule has 84 valence electrons. The van der Waals surface area contributed by atoms with Gasteiger partial charge >= 0.3 is 5.97 Å². The molecule has 0 bridgehead atoms. The molecule has 5 nitrogen and oxygen atoms in total. The predicted molar refractivity (Wildman–Crippen MR) is 56.0 cm³/mol. The molecule has 6 heteroatoms. The third-order valence-corrected chi connectivity index (χ3v) is 1.80. The van der Waals surface area contributed by atoms with Crippen LogP contribution in [0.1, 0.15) is 11.6 Å². The Balaban J connectivity index is 0.00000196. The molecule has 0 aliphatic carbocycles. The summed E-state index contributed by atoms with van der Waals surface area (Å²) in [6.45, 7) is 0. The van der Waals surface area contributed by atoms with Crippen LogP contribution in [0.3, 0.4) is 0 Å². The number of phenolic OH excluding ortho intramolecular Hbond substituents is 2. The highest BCUT2D eigenvalue weighted by molar-refractivity contribution is 5.85. The SMILES string of the molecule is COC(=O)[C@@H](N)c1ccc(O)cc1O.Cl. The summed E-state index contributed by atoms with van der Waals surface area (Å²) in [4.78, 5) is 11.0. The molecule has 0 radical (unpaired) electrons. The molecule has 15 heavy (non-hydrogen) atoms. The van der Waals surface area contributed by atoms with Gasteiger partial charge < -0.3 is 20.7 Å². The summed E-state index contributed by atoms with van der Waals surface area (Å²) < 4.78 is 4.41. The first-order chi connectivity index (χ1) is 6.56. The Morgan fingerprint density at radius 1 is 1.47 bits per heavy atom. The quantitative estimate of drug-likeness (QED) is 0.654. The standard InChI is InChI=1S/C9H11NO4.ClH/c1-14-9(13)8(10)6-3-2-5(11)4-7(6)12;/h2-4,8,11-12H,10H2,1H3;1H/t8-;/m0./s1. The summed E-state index contributed by atoms with van der Waals surface area (Å²) in [5.74, 6) is -0.975. The van der Waals surface area contributed by atoms with Crippen LogP contribution in [0.5, 0.6) is 11.5 Å². The van der Waals surface area contributed by atoms with E-state index in [0.717, 1.165) is 6.07 Å². The topological polar surface area (TPSA) is 92.8 Å². The van der Waals surface area contributed by atoms with Gasteiger partial charge in [0.1, 0.15) is 17.5 Å². The molecule has 4 N–H and O–H groups in total. The third-order valence-electron chi connectivity index (χ3n) is 1.80. The monoisotopic (exact) mass is 233 g/mol. The summed E-state index contributed by atoms with van der Waals surface area (Å²) in [5, 5.41) is 18.4. The highest BCUT2D eigenvalue weighted by atomic mass is 35.5. The average Bonchev–Trinajstić information content (AvgIpc) is 2.15. The van der Waals surface area contributed by atoms with Crippen molar-refractivity contribution < 1.29 is 19.7 Å². The van der Waals surface area contributed by atoms with Crippen LogP contribution in [0.4, 0.5) is 0 Å². The maximum Gasteiger partial charge on any atom is 0.327 e. The maximum absolute atomic E-state index is 11.0. The largest absolute Gasteiger partial charge is 0.508 e. The molecule has 0 saturated heterocycles. The lowest BCUT2D eigenvalue weighted by molar-refractivity contribution is -0.142. The normalized spacial score (nSPS) is 11.3. The van der Waals surface area contributed by atoms with Gasteiger partial charge in [0.2, 0.25) is 0 Å². The number of aromatic hydroxyl groups is 2. The third kappa shape index (κ3) is 3.00. The lowest BCUT2D eigenvalue weighted by Gasteiger charge is -2.11. The van der Waals surface area contributed by atoms with Crippen molar-refractivity contribution in [3.63, 3.8) is 0 Å². The second kappa shape index (κ2) is 5.43. The Bertz CT molecular complexity index is 356. The number of nitrogens with two attached hydrogens (primary N) is 1. The molecule has 1 aromatic rings. The first-order valence-electron chi connectivity index (χ1n) is 3.91. The molecule has 0 aliphatic heterocycles. The van der Waals surface area contributed by atoms with Gasteiger partial charge in [0.05, 0.1) is 7.11 Å². The van der Waals surface area contributed by atoms with Crippen molar-refractivity contribution in [2.45, 2.75) is 6.04 Å². The molecule has 0 amide bonds. The van der Waals surface area contributed by atoms with Crippen molar-refractivity contribution in [1.29, 1.82) is 0 Å². The van der Waals surface area contributed by atoms with Crippen LogP contribution < -0.4 is 5.73 Å². The van der Waals surface area contributed by atoms with Crippen molar-refractivity contribution >= 4 is 18.4 Å². The molecule has 0 saturated carbocycles. The molecule has 1 atom stereocenters. The lowest BCUT2D eigenvalue weighted by Crippen LogP contribution is -2.22. The van der Waals surface area contributed by atoms with Crippen molar-refractivity contribution in [3.8, 4) is 11.5 Å². The zero-order chi connectivity index (χ0) is 10.7. The zero-order valence-corrected chi connectivity index (χ0v) is 8.82. The van der Waals surface area contributed by atoms with Gasteiger partial charge in [0.15, 0.2) is 0 Å². The first kappa shape index (κ1) is 13.5. The molecule has 0 unspecified atom stereocenters. The number of rotatable bonds is 2. The minimum absolute atomic E-state index is 0. The van der Waals surface area contributed by atoms with Crippen LogP contribution >= 0.6 is 12.4 Å². The fraction of sp³-hybridized carbons (Fsp3) is 0.222. The Morgan fingerprint density at radius 2 is 2.07 bits per heavy atom. The maximum atomic E-state index is 11.0. The Morgan fingerprint density at radius 3 is 2.53 bits per heavy atom. The summed E-state index contributed by atoms with van der Waals surface area (Å²) in [6, 6.07) is 2.77. The number of benzene rings is 1. The number of hydrogen-bond donors (Lipinski definition) is 3. The fourth-order valence-corrected chi connectivity index (χ4v) is 1.05. The first-order valence-corrected chi connectivity index (χ1v) is 3.91. The Kier molecular flexibility index (Phi) is 4.90. The zero-order valence-electron chi connectivity index (χ0n) is 8.01. The van der Waals surface area contributed by atoms with Gasteiger partial charge in [-0.2, -0.15) is 0 Å². The summed E-state index contributed by atoms with van der Waals surface area (Å²) in [7, 11) is 1.21. The number of methoxy groups -OCH3 is 1. The Labute approximate surface area is 92.9 Å². The molecule has 0 aromatic heterocycles. The van der Waals surface area contributed by atoms with Crippen molar-refractivity contribution in [3.05, 3.63) is 23.8 Å². The van der Waals surface area contributed by atoms with Crippen molar-refractivity contribution in [2.75, 3.05) is 7.11 Å². The van der Waals surface area contributed by atoms with E-state index in [9.17, 15) is 9.90 Å². The smallest absolute Gasteiger partial charge is 0.327 e. The second-order valence-electron chi connectivity index (χ2n) is 2.74. The van der Waals surface area contributed by atoms with Crippen molar-refractivity contribution in [2.24, 2.45) is 5.73 Å². The van der Waals surface area contributed by atoms with Gasteiger partial charge in [-0.05, 0) is 12.1 Å². The van der Waals surface area contributed by atoms with Crippen LogP contribution in [0.2, 0.25) is 0 Å². The molecule has 0 spiro atoms. The number of phenols is 2. The van der Waals surface area contributed by atoms with Gasteiger partial charge in [-0.3, -0.25) is 4.79 Å². The highest BCUT2D eigenvalue weighted by Crippen LogP contribution is 2.27. The molecule has 0 heterocycles. The van der Waals surface area contributed by atoms with Crippen LogP contribution in [-0.4, -0.2) is 23.3 Å². The van der Waals surface area contributed by atoms with Gasteiger partial charge in [0.25, 0.3) is 0 Å². The van der Waals surface area contributed by atoms with E-state index in [2.05, 4.69) is 4.74 Å². The van der Waals surface area contributed by atoms with Gasteiger partial charge in [-0.1, -0.05) is 0 Å². The number of halogens is 1. The molecule has 0 aliphatic rings. The van der Waals surface area contributed by atoms with E-state index in [1.165, 1.54) is 19.2 Å². The number of ether oxygens (including phenoxy) is 1. The minimum atomic E-state index is -1.04. The van der Waals surface area contributed by atoms with Crippen LogP contribution in [0.25, 0.3) is 0 Å². The summed E-state index contributed by atoms with van der Waals surface area (Å²) in [5.41, 5.74) is 5.70. The summed E-state index contributed by atoms with van der Waals surface area (Å²) >= 11 is 0. The Hall–Kier alpha value is -1.46. The fourth-order valence-electron chi connectivity index (χ4n) is 1.05. The van der Waals surface area contributed by atoms with E-state index in [-0.39, 0.29) is 29.5 Å². The molecule has 1 aromatic carbocycles. The van der Waals surface area contributed by atoms with E-state index in [0.29, 0.717) is 0 Å². The minimum Gasteiger partial charge on any atom is -0.508 e. The van der Waals surface area contributed by atoms with E-state index >= 15 is 0 Å².